The molecule has 152 valence electrons. The Morgan fingerprint density at radius 1 is 1.03 bits per heavy atom. The summed E-state index contributed by atoms with van der Waals surface area (Å²) in [4.78, 5) is 18.2. The first-order valence-corrected chi connectivity index (χ1v) is 11.7. The first-order valence-electron chi connectivity index (χ1n) is 9.92. The number of anilines is 1. The quantitative estimate of drug-likeness (QED) is 0.546. The molecular weight excluding hydrogens is 423 g/mol. The van der Waals surface area contributed by atoms with E-state index < -0.39 is 0 Å². The summed E-state index contributed by atoms with van der Waals surface area (Å²) in [5.41, 5.74) is 3.31. The van der Waals surface area contributed by atoms with Gasteiger partial charge in [-0.05, 0) is 74.3 Å². The van der Waals surface area contributed by atoms with E-state index in [4.69, 9.17) is 23.2 Å². The van der Waals surface area contributed by atoms with Gasteiger partial charge in [0, 0.05) is 18.0 Å². The zero-order valence-electron chi connectivity index (χ0n) is 16.4. The van der Waals surface area contributed by atoms with Gasteiger partial charge in [-0.2, -0.15) is 0 Å². The van der Waals surface area contributed by atoms with Gasteiger partial charge in [0.15, 0.2) is 0 Å². The number of hydrogen-bond acceptors (Lipinski definition) is 3. The van der Waals surface area contributed by atoms with Crippen LogP contribution < -0.4 is 4.90 Å². The maximum absolute atomic E-state index is 13.2. The fraction of sp³-hybridized carbons (Fsp3) is 0.348. The zero-order chi connectivity index (χ0) is 20.4. The molecule has 3 nitrogen and oxygen atoms in total. The van der Waals surface area contributed by atoms with Crippen molar-refractivity contribution in [2.75, 3.05) is 37.3 Å². The SMILES string of the molecule is CN1CCC(c2ccccc2/C=C2\SCCN(c3ccc(Cl)c(Cl)c3)C2=O)CC1. The Morgan fingerprint density at radius 3 is 2.55 bits per heavy atom. The van der Waals surface area contributed by atoms with Gasteiger partial charge in [0.2, 0.25) is 0 Å². The highest BCUT2D eigenvalue weighted by Crippen LogP contribution is 2.35. The lowest BCUT2D eigenvalue weighted by atomic mass is 9.86. The molecule has 0 spiro atoms. The van der Waals surface area contributed by atoms with Crippen LogP contribution in [-0.4, -0.2) is 43.2 Å². The van der Waals surface area contributed by atoms with Crippen LogP contribution in [0.25, 0.3) is 6.08 Å². The maximum atomic E-state index is 13.2. The Labute approximate surface area is 186 Å². The van der Waals surface area contributed by atoms with E-state index in [0.29, 0.717) is 22.5 Å². The second kappa shape index (κ2) is 9.13. The standard InChI is InChI=1S/C23H24Cl2N2OS/c1-26-10-8-16(9-11-26)19-5-3-2-4-17(19)14-22-23(28)27(12-13-29-22)18-6-7-20(24)21(25)15-18/h2-7,14-16H,8-13H2,1H3/b22-14-. The number of nitrogens with zero attached hydrogens (tertiary/aromatic N) is 2. The van der Waals surface area contributed by atoms with Crippen molar-refractivity contribution in [3.05, 3.63) is 68.5 Å². The predicted molar refractivity (Wildman–Crippen MR) is 125 cm³/mol. The van der Waals surface area contributed by atoms with Crippen LogP contribution in [0.1, 0.15) is 29.9 Å². The van der Waals surface area contributed by atoms with Gasteiger partial charge in [0.1, 0.15) is 0 Å². The number of piperidine rings is 1. The number of hydrogen-bond donors (Lipinski definition) is 0. The summed E-state index contributed by atoms with van der Waals surface area (Å²) in [5, 5.41) is 0.963. The predicted octanol–water partition coefficient (Wildman–Crippen LogP) is 5.92. The molecule has 2 aliphatic rings. The lowest BCUT2D eigenvalue weighted by Gasteiger charge is -2.31. The molecule has 0 atom stereocenters. The number of carbonyl (C=O) groups excluding carboxylic acids is 1. The van der Waals surface area contributed by atoms with Crippen LogP contribution in [0.15, 0.2) is 47.4 Å². The molecule has 0 bridgehead atoms. The number of benzene rings is 2. The molecule has 2 aromatic carbocycles. The molecule has 0 aromatic heterocycles. The van der Waals surface area contributed by atoms with E-state index in [1.165, 1.54) is 5.56 Å². The van der Waals surface area contributed by atoms with E-state index in [2.05, 4.69) is 42.3 Å². The van der Waals surface area contributed by atoms with Crippen molar-refractivity contribution in [1.29, 1.82) is 0 Å². The van der Waals surface area contributed by atoms with Gasteiger partial charge in [0.25, 0.3) is 5.91 Å². The Hall–Kier alpha value is -1.46. The first kappa shape index (κ1) is 20.8. The molecule has 0 aliphatic carbocycles. The van der Waals surface area contributed by atoms with Gasteiger partial charge in [-0.15, -0.1) is 11.8 Å². The minimum atomic E-state index is 0.0258. The summed E-state index contributed by atoms with van der Waals surface area (Å²) >= 11 is 13.8. The van der Waals surface area contributed by atoms with Crippen LogP contribution in [-0.2, 0) is 4.79 Å². The van der Waals surface area contributed by atoms with Crippen molar-refractivity contribution in [3.63, 3.8) is 0 Å². The topological polar surface area (TPSA) is 23.6 Å². The number of carbonyl (C=O) groups is 1. The molecule has 0 radical (unpaired) electrons. The molecule has 2 fully saturated rings. The van der Waals surface area contributed by atoms with Crippen LogP contribution in [0.5, 0.6) is 0 Å². The zero-order valence-corrected chi connectivity index (χ0v) is 18.7. The third kappa shape index (κ3) is 4.66. The summed E-state index contributed by atoms with van der Waals surface area (Å²) in [5.74, 6) is 1.43. The molecule has 1 amide bonds. The summed E-state index contributed by atoms with van der Waals surface area (Å²) < 4.78 is 0. The minimum absolute atomic E-state index is 0.0258. The number of likely N-dealkylation sites (tertiary alicyclic amines) is 1. The minimum Gasteiger partial charge on any atom is -0.307 e. The van der Waals surface area contributed by atoms with Crippen LogP contribution in [0.2, 0.25) is 10.0 Å². The highest BCUT2D eigenvalue weighted by Gasteiger charge is 2.26. The van der Waals surface area contributed by atoms with E-state index in [1.54, 1.807) is 28.8 Å². The number of rotatable bonds is 3. The fourth-order valence-electron chi connectivity index (χ4n) is 4.02. The molecule has 6 heteroatoms. The fourth-order valence-corrected chi connectivity index (χ4v) is 5.25. The highest BCUT2D eigenvalue weighted by atomic mass is 35.5. The van der Waals surface area contributed by atoms with E-state index in [-0.39, 0.29) is 5.91 Å². The van der Waals surface area contributed by atoms with Crippen LogP contribution in [0, 0.1) is 0 Å². The normalized spacial score (nSPS) is 20.4. The Morgan fingerprint density at radius 2 is 1.79 bits per heavy atom. The second-order valence-electron chi connectivity index (χ2n) is 7.62. The smallest absolute Gasteiger partial charge is 0.264 e. The summed E-state index contributed by atoms with van der Waals surface area (Å²) in [6, 6.07) is 13.9. The number of halogens is 2. The van der Waals surface area contributed by atoms with Gasteiger partial charge in [0.05, 0.1) is 15.0 Å². The number of amides is 1. The van der Waals surface area contributed by atoms with Gasteiger partial charge in [-0.1, -0.05) is 47.5 Å². The molecule has 2 aromatic rings. The molecule has 0 saturated carbocycles. The van der Waals surface area contributed by atoms with E-state index in [0.717, 1.165) is 47.8 Å². The number of thioether (sulfide) groups is 1. The van der Waals surface area contributed by atoms with E-state index in [1.807, 2.05) is 6.07 Å². The molecule has 29 heavy (non-hydrogen) atoms. The highest BCUT2D eigenvalue weighted by molar-refractivity contribution is 8.04. The van der Waals surface area contributed by atoms with Gasteiger partial charge in [-0.3, -0.25) is 4.79 Å². The maximum Gasteiger partial charge on any atom is 0.264 e. The Kier molecular flexibility index (Phi) is 6.55. The Balaban J connectivity index is 1.61. The monoisotopic (exact) mass is 446 g/mol. The molecule has 2 aliphatic heterocycles. The van der Waals surface area contributed by atoms with Gasteiger partial charge < -0.3 is 9.80 Å². The van der Waals surface area contributed by atoms with E-state index in [9.17, 15) is 4.79 Å². The molecule has 2 heterocycles. The van der Waals surface area contributed by atoms with Crippen molar-refractivity contribution >= 4 is 52.6 Å². The third-order valence-electron chi connectivity index (χ3n) is 5.68. The van der Waals surface area contributed by atoms with Crippen molar-refractivity contribution in [2.24, 2.45) is 0 Å². The first-order chi connectivity index (χ1) is 14.0. The van der Waals surface area contributed by atoms with Crippen LogP contribution in [0.3, 0.4) is 0 Å². The second-order valence-corrected chi connectivity index (χ2v) is 9.57. The van der Waals surface area contributed by atoms with E-state index >= 15 is 0 Å². The van der Waals surface area contributed by atoms with Crippen molar-refractivity contribution in [2.45, 2.75) is 18.8 Å². The Bertz CT molecular complexity index is 938. The molecule has 0 N–H and O–H groups in total. The van der Waals surface area contributed by atoms with Crippen LogP contribution in [0.4, 0.5) is 5.69 Å². The lowest BCUT2D eigenvalue weighted by molar-refractivity contribution is -0.114. The third-order valence-corrected chi connectivity index (χ3v) is 7.41. The van der Waals surface area contributed by atoms with Crippen molar-refractivity contribution in [1.82, 2.24) is 4.90 Å². The molecule has 4 rings (SSSR count). The van der Waals surface area contributed by atoms with Crippen molar-refractivity contribution in [3.8, 4) is 0 Å². The van der Waals surface area contributed by atoms with Gasteiger partial charge in [-0.25, -0.2) is 0 Å². The molecule has 0 unspecified atom stereocenters. The summed E-state index contributed by atoms with van der Waals surface area (Å²) in [7, 11) is 2.18. The summed E-state index contributed by atoms with van der Waals surface area (Å²) in [6.07, 6.45) is 4.39. The molecular formula is C23H24Cl2N2OS. The average molecular weight is 447 g/mol. The largest absolute Gasteiger partial charge is 0.307 e. The lowest BCUT2D eigenvalue weighted by Crippen LogP contribution is -2.37. The van der Waals surface area contributed by atoms with Gasteiger partial charge >= 0.3 is 0 Å². The van der Waals surface area contributed by atoms with Crippen LogP contribution >= 0.6 is 35.0 Å². The summed E-state index contributed by atoms with van der Waals surface area (Å²) in [6.45, 7) is 2.90. The molecule has 2 saturated heterocycles. The van der Waals surface area contributed by atoms with Crippen molar-refractivity contribution < 1.29 is 4.79 Å². The average Bonchev–Trinajstić information content (AvgIpc) is 2.73.